The highest BCUT2D eigenvalue weighted by molar-refractivity contribution is 5.90. The predicted molar refractivity (Wildman–Crippen MR) is 69.5 cm³/mol. The van der Waals surface area contributed by atoms with Gasteiger partial charge in [-0.2, -0.15) is 5.10 Å². The SMILES string of the molecule is O=C(OCc1ccccc1)c1cnn2c1CNCC2. The largest absolute Gasteiger partial charge is 0.457 e. The monoisotopic (exact) mass is 257 g/mol. The van der Waals surface area contributed by atoms with Crippen LogP contribution in [-0.4, -0.2) is 22.3 Å². The minimum atomic E-state index is -0.311. The highest BCUT2D eigenvalue weighted by atomic mass is 16.5. The molecule has 0 atom stereocenters. The number of nitrogens with one attached hydrogen (secondary N) is 1. The van der Waals surface area contributed by atoms with E-state index in [1.54, 1.807) is 6.20 Å². The summed E-state index contributed by atoms with van der Waals surface area (Å²) in [6, 6.07) is 9.65. The van der Waals surface area contributed by atoms with Gasteiger partial charge in [0.25, 0.3) is 0 Å². The third-order valence-corrected chi connectivity index (χ3v) is 3.17. The van der Waals surface area contributed by atoms with E-state index >= 15 is 0 Å². The first-order valence-corrected chi connectivity index (χ1v) is 6.31. The smallest absolute Gasteiger partial charge is 0.342 e. The van der Waals surface area contributed by atoms with Crippen molar-refractivity contribution in [3.8, 4) is 0 Å². The minimum Gasteiger partial charge on any atom is -0.457 e. The van der Waals surface area contributed by atoms with E-state index in [9.17, 15) is 4.79 Å². The lowest BCUT2D eigenvalue weighted by molar-refractivity contribution is 0.0470. The molecule has 5 nitrogen and oxygen atoms in total. The Morgan fingerprint density at radius 2 is 2.21 bits per heavy atom. The summed E-state index contributed by atoms with van der Waals surface area (Å²) >= 11 is 0. The minimum absolute atomic E-state index is 0.289. The van der Waals surface area contributed by atoms with Crippen LogP contribution in [0.5, 0.6) is 0 Å². The molecule has 0 bridgehead atoms. The molecule has 1 aromatic carbocycles. The van der Waals surface area contributed by atoms with Gasteiger partial charge in [0.1, 0.15) is 12.2 Å². The summed E-state index contributed by atoms with van der Waals surface area (Å²) in [5.41, 5.74) is 2.45. The second-order valence-electron chi connectivity index (χ2n) is 4.47. The molecule has 0 aliphatic carbocycles. The number of fused-ring (bicyclic) bond motifs is 1. The Morgan fingerprint density at radius 3 is 3.05 bits per heavy atom. The number of ether oxygens (including phenoxy) is 1. The normalized spacial score (nSPS) is 13.9. The zero-order chi connectivity index (χ0) is 13.1. The van der Waals surface area contributed by atoms with Gasteiger partial charge in [-0.3, -0.25) is 4.68 Å². The molecule has 19 heavy (non-hydrogen) atoms. The number of esters is 1. The van der Waals surface area contributed by atoms with Crippen molar-refractivity contribution in [2.45, 2.75) is 19.7 Å². The van der Waals surface area contributed by atoms with Gasteiger partial charge in [0, 0.05) is 13.1 Å². The van der Waals surface area contributed by atoms with Crippen LogP contribution in [0.4, 0.5) is 0 Å². The molecule has 1 aromatic heterocycles. The standard InChI is InChI=1S/C14H15N3O2/c18-14(19-10-11-4-2-1-3-5-11)12-8-16-17-7-6-15-9-13(12)17/h1-5,8,15H,6-7,9-10H2. The number of aromatic nitrogens is 2. The van der Waals surface area contributed by atoms with Crippen molar-refractivity contribution in [1.82, 2.24) is 15.1 Å². The van der Waals surface area contributed by atoms with Crippen molar-refractivity contribution >= 4 is 5.97 Å². The fourth-order valence-electron chi connectivity index (χ4n) is 2.15. The molecule has 0 spiro atoms. The molecule has 0 radical (unpaired) electrons. The maximum atomic E-state index is 12.0. The third-order valence-electron chi connectivity index (χ3n) is 3.17. The second kappa shape index (κ2) is 5.24. The molecule has 98 valence electrons. The maximum Gasteiger partial charge on any atom is 0.342 e. The highest BCUT2D eigenvalue weighted by Gasteiger charge is 2.20. The van der Waals surface area contributed by atoms with Crippen LogP contribution in [0.3, 0.4) is 0 Å². The van der Waals surface area contributed by atoms with Gasteiger partial charge in [-0.1, -0.05) is 30.3 Å². The lowest BCUT2D eigenvalue weighted by atomic mass is 10.2. The van der Waals surface area contributed by atoms with Crippen LogP contribution in [0.15, 0.2) is 36.5 Å². The van der Waals surface area contributed by atoms with E-state index in [0.717, 1.165) is 24.3 Å². The lowest BCUT2D eigenvalue weighted by Crippen LogP contribution is -2.29. The van der Waals surface area contributed by atoms with Gasteiger partial charge in [-0.05, 0) is 5.56 Å². The van der Waals surface area contributed by atoms with Gasteiger partial charge in [-0.25, -0.2) is 4.79 Å². The molecule has 0 amide bonds. The summed E-state index contributed by atoms with van der Waals surface area (Å²) < 4.78 is 7.18. The second-order valence-corrected chi connectivity index (χ2v) is 4.47. The van der Waals surface area contributed by atoms with E-state index in [2.05, 4.69) is 10.4 Å². The number of hydrogen-bond donors (Lipinski definition) is 1. The molecule has 0 unspecified atom stereocenters. The van der Waals surface area contributed by atoms with Crippen molar-refractivity contribution in [2.24, 2.45) is 0 Å². The molecule has 2 aromatic rings. The molecular weight excluding hydrogens is 242 g/mol. The number of carbonyl (C=O) groups is 1. The van der Waals surface area contributed by atoms with Gasteiger partial charge in [-0.15, -0.1) is 0 Å². The Hall–Kier alpha value is -2.14. The first kappa shape index (κ1) is 11.9. The Morgan fingerprint density at radius 1 is 1.37 bits per heavy atom. The van der Waals surface area contributed by atoms with Gasteiger partial charge in [0.05, 0.1) is 18.4 Å². The average Bonchev–Trinajstić information content (AvgIpc) is 2.90. The number of nitrogens with zero attached hydrogens (tertiary/aromatic N) is 2. The Labute approximate surface area is 111 Å². The Balaban J connectivity index is 1.69. The summed E-state index contributed by atoms with van der Waals surface area (Å²) in [5, 5.41) is 7.44. The lowest BCUT2D eigenvalue weighted by Gasteiger charge is -2.15. The first-order valence-electron chi connectivity index (χ1n) is 6.31. The van der Waals surface area contributed by atoms with E-state index in [-0.39, 0.29) is 12.6 Å². The molecule has 1 aliphatic heterocycles. The zero-order valence-electron chi connectivity index (χ0n) is 10.5. The molecule has 1 aliphatic rings. The third kappa shape index (κ3) is 2.51. The fraction of sp³-hybridized carbons (Fsp3) is 0.286. The molecule has 1 N–H and O–H groups in total. The zero-order valence-corrected chi connectivity index (χ0v) is 10.5. The summed E-state index contributed by atoms with van der Waals surface area (Å²) in [6.07, 6.45) is 1.59. The van der Waals surface area contributed by atoms with Gasteiger partial charge in [0.2, 0.25) is 0 Å². The number of carbonyl (C=O) groups excluding carboxylic acids is 1. The van der Waals surface area contributed by atoms with Crippen molar-refractivity contribution in [3.05, 3.63) is 53.3 Å². The van der Waals surface area contributed by atoms with Crippen molar-refractivity contribution in [1.29, 1.82) is 0 Å². The maximum absolute atomic E-state index is 12.0. The van der Waals surface area contributed by atoms with E-state index in [0.29, 0.717) is 12.1 Å². The topological polar surface area (TPSA) is 56.1 Å². The average molecular weight is 257 g/mol. The predicted octanol–water partition coefficient (Wildman–Crippen LogP) is 1.34. The summed E-state index contributed by atoms with van der Waals surface area (Å²) in [4.78, 5) is 12.0. The first-order chi connectivity index (χ1) is 9.34. The van der Waals surface area contributed by atoms with Crippen LogP contribution in [0, 0.1) is 0 Å². The van der Waals surface area contributed by atoms with Crippen LogP contribution in [0.2, 0.25) is 0 Å². The Bertz CT molecular complexity index is 578. The van der Waals surface area contributed by atoms with Gasteiger partial charge in [0.15, 0.2) is 0 Å². The van der Waals surface area contributed by atoms with Crippen molar-refractivity contribution < 1.29 is 9.53 Å². The Kier molecular flexibility index (Phi) is 3.29. The van der Waals surface area contributed by atoms with Crippen LogP contribution in [0.1, 0.15) is 21.6 Å². The molecular formula is C14H15N3O2. The summed E-state index contributed by atoms with van der Waals surface area (Å²) in [7, 11) is 0. The fourth-order valence-corrected chi connectivity index (χ4v) is 2.15. The number of hydrogen-bond acceptors (Lipinski definition) is 4. The van der Waals surface area contributed by atoms with Gasteiger partial charge < -0.3 is 10.1 Å². The molecule has 0 fully saturated rings. The van der Waals surface area contributed by atoms with E-state index in [1.165, 1.54) is 0 Å². The van der Waals surface area contributed by atoms with E-state index in [4.69, 9.17) is 4.74 Å². The molecule has 2 heterocycles. The van der Waals surface area contributed by atoms with Crippen LogP contribution < -0.4 is 5.32 Å². The number of rotatable bonds is 3. The quantitative estimate of drug-likeness (QED) is 0.843. The molecule has 0 saturated heterocycles. The summed E-state index contributed by atoms with van der Waals surface area (Å²) in [5.74, 6) is -0.311. The number of benzene rings is 1. The highest BCUT2D eigenvalue weighted by Crippen LogP contribution is 2.13. The molecule has 5 heteroatoms. The van der Waals surface area contributed by atoms with Crippen LogP contribution in [0.25, 0.3) is 0 Å². The van der Waals surface area contributed by atoms with Crippen molar-refractivity contribution in [3.63, 3.8) is 0 Å². The molecule has 3 rings (SSSR count). The van der Waals surface area contributed by atoms with E-state index in [1.807, 2.05) is 35.0 Å². The van der Waals surface area contributed by atoms with Gasteiger partial charge >= 0.3 is 5.97 Å². The van der Waals surface area contributed by atoms with Crippen molar-refractivity contribution in [2.75, 3.05) is 6.54 Å². The molecule has 0 saturated carbocycles. The summed E-state index contributed by atoms with van der Waals surface area (Å²) in [6.45, 7) is 2.63. The van der Waals surface area contributed by atoms with Crippen LogP contribution in [-0.2, 0) is 24.4 Å². The van der Waals surface area contributed by atoms with E-state index < -0.39 is 0 Å². The van der Waals surface area contributed by atoms with Crippen LogP contribution >= 0.6 is 0 Å².